The maximum absolute atomic E-state index is 5.50. The summed E-state index contributed by atoms with van der Waals surface area (Å²) >= 11 is 1.69. The van der Waals surface area contributed by atoms with Crippen molar-refractivity contribution in [3.05, 3.63) is 52.0 Å². The van der Waals surface area contributed by atoms with Crippen LogP contribution in [0.1, 0.15) is 35.9 Å². The average molecular weight is 276 g/mol. The monoisotopic (exact) mass is 276 g/mol. The van der Waals surface area contributed by atoms with Crippen LogP contribution in [-0.4, -0.2) is 11.6 Å². The van der Waals surface area contributed by atoms with Gasteiger partial charge in [-0.15, -0.1) is 11.3 Å². The van der Waals surface area contributed by atoms with Gasteiger partial charge >= 0.3 is 0 Å². The second kappa shape index (κ2) is 7.38. The summed E-state index contributed by atoms with van der Waals surface area (Å²) in [6.07, 6.45) is 1.93. The van der Waals surface area contributed by atoms with Crippen molar-refractivity contribution >= 4 is 11.3 Å². The van der Waals surface area contributed by atoms with Gasteiger partial charge in [0.25, 0.3) is 0 Å². The molecule has 4 heteroatoms. The van der Waals surface area contributed by atoms with E-state index in [0.29, 0.717) is 12.6 Å². The molecule has 1 N–H and O–H groups in total. The Labute approximate surface area is 118 Å². The standard InChI is InChI=1S/C15H20N2OS/c1-3-18-10-14-7-5-4-6-13(14)8-17-12(2)15-9-16-11-19-15/h4-7,9,11-12,17H,3,8,10H2,1-2H3. The first-order chi connectivity index (χ1) is 9.31. The van der Waals surface area contributed by atoms with Crippen molar-refractivity contribution < 1.29 is 4.74 Å². The van der Waals surface area contributed by atoms with Gasteiger partial charge in [-0.1, -0.05) is 24.3 Å². The minimum Gasteiger partial charge on any atom is -0.377 e. The summed E-state index contributed by atoms with van der Waals surface area (Å²) in [7, 11) is 0. The third-order valence-electron chi connectivity index (χ3n) is 3.06. The van der Waals surface area contributed by atoms with Crippen LogP contribution in [0.15, 0.2) is 36.0 Å². The van der Waals surface area contributed by atoms with E-state index in [-0.39, 0.29) is 0 Å². The molecule has 2 aromatic rings. The molecule has 0 saturated heterocycles. The average Bonchev–Trinajstić information content (AvgIpc) is 2.97. The third-order valence-corrected chi connectivity index (χ3v) is 4.02. The molecule has 102 valence electrons. The van der Waals surface area contributed by atoms with Crippen molar-refractivity contribution in [2.24, 2.45) is 0 Å². The van der Waals surface area contributed by atoms with Crippen molar-refractivity contribution in [3.63, 3.8) is 0 Å². The molecule has 0 aliphatic carbocycles. The molecule has 0 aliphatic rings. The Hall–Kier alpha value is -1.23. The van der Waals surface area contributed by atoms with Crippen LogP contribution in [0.4, 0.5) is 0 Å². The number of benzene rings is 1. The summed E-state index contributed by atoms with van der Waals surface area (Å²) in [6.45, 7) is 6.47. The molecule has 0 bridgehead atoms. The Bertz CT molecular complexity index is 485. The van der Waals surface area contributed by atoms with Gasteiger partial charge in [0.15, 0.2) is 0 Å². The van der Waals surface area contributed by atoms with Crippen molar-refractivity contribution in [1.82, 2.24) is 10.3 Å². The van der Waals surface area contributed by atoms with Crippen molar-refractivity contribution in [2.45, 2.75) is 33.0 Å². The number of nitrogens with zero attached hydrogens (tertiary/aromatic N) is 1. The van der Waals surface area contributed by atoms with Crippen LogP contribution in [0.25, 0.3) is 0 Å². The smallest absolute Gasteiger partial charge is 0.0794 e. The number of rotatable bonds is 7. The molecule has 1 aromatic heterocycles. The number of thiazole rings is 1. The second-order valence-electron chi connectivity index (χ2n) is 4.41. The zero-order valence-corrected chi connectivity index (χ0v) is 12.2. The summed E-state index contributed by atoms with van der Waals surface area (Å²) in [6, 6.07) is 8.74. The fourth-order valence-electron chi connectivity index (χ4n) is 1.89. The Morgan fingerprint density at radius 2 is 2.11 bits per heavy atom. The maximum atomic E-state index is 5.50. The van der Waals surface area contributed by atoms with Crippen LogP contribution in [0.5, 0.6) is 0 Å². The van der Waals surface area contributed by atoms with E-state index in [9.17, 15) is 0 Å². The molecule has 0 amide bonds. The fourth-order valence-corrected chi connectivity index (χ4v) is 2.54. The van der Waals surface area contributed by atoms with Gasteiger partial charge in [-0.25, -0.2) is 0 Å². The quantitative estimate of drug-likeness (QED) is 0.840. The third kappa shape index (κ3) is 4.13. The van der Waals surface area contributed by atoms with Crippen molar-refractivity contribution in [2.75, 3.05) is 6.61 Å². The molecule has 0 spiro atoms. The number of hydrogen-bond acceptors (Lipinski definition) is 4. The van der Waals surface area contributed by atoms with Gasteiger partial charge in [0.1, 0.15) is 0 Å². The zero-order chi connectivity index (χ0) is 13.5. The Morgan fingerprint density at radius 1 is 1.32 bits per heavy atom. The van der Waals surface area contributed by atoms with Crippen molar-refractivity contribution in [3.8, 4) is 0 Å². The van der Waals surface area contributed by atoms with Gasteiger partial charge in [0.05, 0.1) is 12.1 Å². The van der Waals surface area contributed by atoms with E-state index in [2.05, 4.69) is 41.5 Å². The van der Waals surface area contributed by atoms with E-state index in [1.807, 2.05) is 18.6 Å². The first kappa shape index (κ1) is 14.2. The molecular weight excluding hydrogens is 256 g/mol. The lowest BCUT2D eigenvalue weighted by atomic mass is 10.1. The second-order valence-corrected chi connectivity index (χ2v) is 5.33. The lowest BCUT2D eigenvalue weighted by Crippen LogP contribution is -2.18. The number of nitrogens with one attached hydrogen (secondary N) is 1. The minimum atomic E-state index is 0.327. The van der Waals surface area contributed by atoms with Gasteiger partial charge in [-0.3, -0.25) is 4.98 Å². The lowest BCUT2D eigenvalue weighted by molar-refractivity contribution is 0.133. The summed E-state index contributed by atoms with van der Waals surface area (Å²) < 4.78 is 5.50. The topological polar surface area (TPSA) is 34.1 Å². The van der Waals surface area contributed by atoms with Crippen LogP contribution < -0.4 is 5.32 Å². The molecule has 3 nitrogen and oxygen atoms in total. The van der Waals surface area contributed by atoms with Crippen molar-refractivity contribution in [1.29, 1.82) is 0 Å². The highest BCUT2D eigenvalue weighted by molar-refractivity contribution is 7.09. The molecule has 0 saturated carbocycles. The van der Waals surface area contributed by atoms with E-state index >= 15 is 0 Å². The van der Waals surface area contributed by atoms with Crippen LogP contribution in [-0.2, 0) is 17.9 Å². The highest BCUT2D eigenvalue weighted by Gasteiger charge is 2.08. The highest BCUT2D eigenvalue weighted by Crippen LogP contribution is 2.18. The first-order valence-electron chi connectivity index (χ1n) is 6.57. The Balaban J connectivity index is 1.95. The molecule has 2 rings (SSSR count). The number of ether oxygens (including phenoxy) is 1. The molecule has 19 heavy (non-hydrogen) atoms. The van der Waals surface area contributed by atoms with Gasteiger partial charge in [0, 0.05) is 30.3 Å². The minimum absolute atomic E-state index is 0.327. The SMILES string of the molecule is CCOCc1ccccc1CNC(C)c1cncs1. The number of hydrogen-bond donors (Lipinski definition) is 1. The van der Waals surface area contributed by atoms with E-state index < -0.39 is 0 Å². The van der Waals surface area contributed by atoms with Gasteiger partial charge in [-0.05, 0) is 25.0 Å². The van der Waals surface area contributed by atoms with Crippen LogP contribution in [0.3, 0.4) is 0 Å². The Morgan fingerprint density at radius 3 is 2.79 bits per heavy atom. The summed E-state index contributed by atoms with van der Waals surface area (Å²) in [5.41, 5.74) is 4.43. The molecule has 0 aliphatic heterocycles. The van der Waals surface area contributed by atoms with Crippen LogP contribution in [0.2, 0.25) is 0 Å². The molecular formula is C15H20N2OS. The van der Waals surface area contributed by atoms with E-state index in [1.54, 1.807) is 11.3 Å². The molecule has 1 atom stereocenters. The Kier molecular flexibility index (Phi) is 5.51. The molecule has 1 unspecified atom stereocenters. The summed E-state index contributed by atoms with van der Waals surface area (Å²) in [4.78, 5) is 5.38. The number of aromatic nitrogens is 1. The summed E-state index contributed by atoms with van der Waals surface area (Å²) in [5, 5.41) is 3.53. The molecule has 1 aromatic carbocycles. The normalized spacial score (nSPS) is 12.5. The summed E-state index contributed by atoms with van der Waals surface area (Å²) in [5.74, 6) is 0. The van der Waals surface area contributed by atoms with E-state index in [0.717, 1.165) is 13.2 Å². The fraction of sp³-hybridized carbons (Fsp3) is 0.400. The zero-order valence-electron chi connectivity index (χ0n) is 11.4. The molecule has 0 fully saturated rings. The van der Waals surface area contributed by atoms with Gasteiger partial charge in [0.2, 0.25) is 0 Å². The van der Waals surface area contributed by atoms with Crippen LogP contribution >= 0.6 is 11.3 Å². The van der Waals surface area contributed by atoms with Gasteiger partial charge < -0.3 is 10.1 Å². The predicted molar refractivity (Wildman–Crippen MR) is 79.1 cm³/mol. The van der Waals surface area contributed by atoms with E-state index in [1.165, 1.54) is 16.0 Å². The van der Waals surface area contributed by atoms with E-state index in [4.69, 9.17) is 4.74 Å². The molecule has 1 heterocycles. The maximum Gasteiger partial charge on any atom is 0.0794 e. The highest BCUT2D eigenvalue weighted by atomic mass is 32.1. The van der Waals surface area contributed by atoms with Crippen LogP contribution in [0, 0.1) is 0 Å². The largest absolute Gasteiger partial charge is 0.377 e. The van der Waals surface area contributed by atoms with Gasteiger partial charge in [-0.2, -0.15) is 0 Å². The first-order valence-corrected chi connectivity index (χ1v) is 7.45. The molecule has 0 radical (unpaired) electrons. The predicted octanol–water partition coefficient (Wildman–Crippen LogP) is 3.53. The lowest BCUT2D eigenvalue weighted by Gasteiger charge is -2.14.